The number of nitrogens with zero attached hydrogens (tertiary/aromatic N) is 1. The van der Waals surface area contributed by atoms with Crippen molar-refractivity contribution in [1.82, 2.24) is 16.0 Å². The predicted molar refractivity (Wildman–Crippen MR) is 140 cm³/mol. The molecule has 5 atom stereocenters. The highest BCUT2D eigenvalue weighted by Crippen LogP contribution is 2.13. The Morgan fingerprint density at radius 3 is 2.11 bits per heavy atom. The summed E-state index contributed by atoms with van der Waals surface area (Å²) in [5.41, 5.74) is 17.2. The molecule has 0 saturated heterocycles. The lowest BCUT2D eigenvalue weighted by Gasteiger charge is -2.28. The van der Waals surface area contributed by atoms with Crippen molar-refractivity contribution in [3.63, 3.8) is 0 Å². The van der Waals surface area contributed by atoms with Gasteiger partial charge in [0.25, 0.3) is 0 Å². The zero-order valence-electron chi connectivity index (χ0n) is 21.6. The summed E-state index contributed by atoms with van der Waals surface area (Å²) in [6.07, 6.45) is 1.14. The zero-order chi connectivity index (χ0) is 28.8. The number of carboxylic acids is 1. The zero-order valence-corrected chi connectivity index (χ0v) is 21.6. The first-order valence-electron chi connectivity index (χ1n) is 12.2. The van der Waals surface area contributed by atoms with Crippen molar-refractivity contribution in [1.29, 1.82) is 0 Å². The number of amides is 3. The molecule has 1 aromatic carbocycles. The van der Waals surface area contributed by atoms with Gasteiger partial charge in [-0.3, -0.25) is 19.4 Å². The number of carbonyl (C=O) groups is 4. The average Bonchev–Trinajstić information content (AvgIpc) is 2.87. The molecule has 3 amide bonds. The second kappa shape index (κ2) is 16.0. The van der Waals surface area contributed by atoms with Crippen molar-refractivity contribution in [3.05, 3.63) is 29.8 Å². The van der Waals surface area contributed by atoms with Gasteiger partial charge in [0.2, 0.25) is 17.7 Å². The molecule has 0 bridgehead atoms. The van der Waals surface area contributed by atoms with E-state index in [0.717, 1.165) is 0 Å². The number of aliphatic hydroxyl groups excluding tert-OH is 1. The molecule has 1 aromatic rings. The first-order valence-corrected chi connectivity index (χ1v) is 12.2. The van der Waals surface area contributed by atoms with Crippen molar-refractivity contribution >= 4 is 29.7 Å². The number of guanidine groups is 1. The van der Waals surface area contributed by atoms with Crippen molar-refractivity contribution in [2.75, 3.05) is 13.2 Å². The number of carbonyl (C=O) groups excluding carboxylic acids is 3. The molecule has 38 heavy (non-hydrogen) atoms. The van der Waals surface area contributed by atoms with Crippen LogP contribution in [0.15, 0.2) is 29.3 Å². The molecule has 0 fully saturated rings. The second-order valence-corrected chi connectivity index (χ2v) is 8.94. The summed E-state index contributed by atoms with van der Waals surface area (Å²) in [6.45, 7) is 2.93. The fourth-order valence-electron chi connectivity index (χ4n) is 3.41. The second-order valence-electron chi connectivity index (χ2n) is 8.94. The smallest absolute Gasteiger partial charge is 0.328 e. The quantitative estimate of drug-likeness (QED) is 0.0630. The molecule has 0 aliphatic rings. The van der Waals surface area contributed by atoms with Crippen molar-refractivity contribution in [3.8, 4) is 5.75 Å². The molecule has 0 spiro atoms. The normalized spacial score (nSPS) is 14.7. The van der Waals surface area contributed by atoms with Gasteiger partial charge in [0.05, 0.1) is 12.6 Å². The lowest BCUT2D eigenvalue weighted by molar-refractivity contribution is -0.143. The third-order valence-corrected chi connectivity index (χ3v) is 5.90. The maximum Gasteiger partial charge on any atom is 0.328 e. The summed E-state index contributed by atoms with van der Waals surface area (Å²) in [7, 11) is 0. The van der Waals surface area contributed by atoms with Gasteiger partial charge < -0.3 is 48.5 Å². The van der Waals surface area contributed by atoms with E-state index in [4.69, 9.17) is 22.3 Å². The summed E-state index contributed by atoms with van der Waals surface area (Å²) in [6, 6.07) is 1.21. The summed E-state index contributed by atoms with van der Waals surface area (Å²) < 4.78 is 0. The first-order chi connectivity index (χ1) is 17.9. The van der Waals surface area contributed by atoms with Crippen LogP contribution in [0.1, 0.15) is 38.7 Å². The number of phenolic OH excluding ortho intramolecular Hbond substituents is 1. The van der Waals surface area contributed by atoms with Crippen LogP contribution in [0.2, 0.25) is 0 Å². The number of rotatable bonds is 16. The number of nitrogens with two attached hydrogens (primary N) is 3. The van der Waals surface area contributed by atoms with Gasteiger partial charge in [-0.25, -0.2) is 4.79 Å². The monoisotopic (exact) mass is 537 g/mol. The van der Waals surface area contributed by atoms with E-state index < -0.39 is 60.4 Å². The third kappa shape index (κ3) is 11.0. The molecule has 212 valence electrons. The molecule has 14 nitrogen and oxygen atoms in total. The molecule has 5 unspecified atom stereocenters. The maximum atomic E-state index is 13.3. The first kappa shape index (κ1) is 32.1. The number of hydrogen-bond donors (Lipinski definition) is 9. The van der Waals surface area contributed by atoms with E-state index in [0.29, 0.717) is 18.4 Å². The summed E-state index contributed by atoms with van der Waals surface area (Å²) >= 11 is 0. The van der Waals surface area contributed by atoms with Gasteiger partial charge in [0.15, 0.2) is 5.96 Å². The third-order valence-electron chi connectivity index (χ3n) is 5.90. The molecule has 0 aliphatic carbocycles. The fourth-order valence-corrected chi connectivity index (χ4v) is 3.41. The van der Waals surface area contributed by atoms with Crippen LogP contribution < -0.4 is 33.2 Å². The molecule has 0 heterocycles. The molecule has 0 aliphatic heterocycles. The Morgan fingerprint density at radius 2 is 1.58 bits per heavy atom. The standard InChI is InChI=1S/C24H39N7O7/c1-3-13(2)19(22(36)30-18(12-32)23(37)38)31-21(35)17(11-14-6-8-15(33)9-7-14)29-20(34)16(25)5-4-10-28-24(26)27/h6-9,13,16-19,32-33H,3-5,10-12,25H2,1-2H3,(H,29,34)(H,30,36)(H,31,35)(H,37,38)(H4,26,27,28). The molecule has 14 heteroatoms. The van der Waals surface area contributed by atoms with E-state index in [1.807, 2.05) is 0 Å². The summed E-state index contributed by atoms with van der Waals surface area (Å²) in [4.78, 5) is 54.0. The number of benzene rings is 1. The van der Waals surface area contributed by atoms with E-state index in [1.54, 1.807) is 26.0 Å². The van der Waals surface area contributed by atoms with Gasteiger partial charge >= 0.3 is 5.97 Å². The van der Waals surface area contributed by atoms with E-state index in [2.05, 4.69) is 20.9 Å². The Kier molecular flexibility index (Phi) is 13.6. The number of aliphatic carboxylic acids is 1. The lowest BCUT2D eigenvalue weighted by Crippen LogP contribution is -2.59. The predicted octanol–water partition coefficient (Wildman–Crippen LogP) is -2.11. The van der Waals surface area contributed by atoms with Gasteiger partial charge in [-0.2, -0.15) is 0 Å². The minimum Gasteiger partial charge on any atom is -0.508 e. The Hall–Kier alpha value is -3.91. The minimum absolute atomic E-state index is 0.0157. The molecule has 0 aromatic heterocycles. The van der Waals surface area contributed by atoms with Crippen molar-refractivity contribution in [2.24, 2.45) is 28.1 Å². The van der Waals surface area contributed by atoms with Crippen LogP contribution in [-0.4, -0.2) is 82.3 Å². The van der Waals surface area contributed by atoms with E-state index in [-0.39, 0.29) is 31.1 Å². The van der Waals surface area contributed by atoms with Gasteiger partial charge in [-0.15, -0.1) is 0 Å². The van der Waals surface area contributed by atoms with Crippen LogP contribution in [0.4, 0.5) is 0 Å². The Balaban J connectivity index is 3.08. The van der Waals surface area contributed by atoms with Crippen LogP contribution in [0.25, 0.3) is 0 Å². The van der Waals surface area contributed by atoms with Gasteiger partial charge in [-0.05, 0) is 36.5 Å². The Labute approximate surface area is 221 Å². The lowest BCUT2D eigenvalue weighted by atomic mass is 9.96. The van der Waals surface area contributed by atoms with E-state index in [1.165, 1.54) is 12.1 Å². The number of hydrogen-bond acceptors (Lipinski definition) is 8. The summed E-state index contributed by atoms with van der Waals surface area (Å²) in [5.74, 6) is -3.99. The number of nitrogens with one attached hydrogen (secondary N) is 3. The molecule has 0 radical (unpaired) electrons. The largest absolute Gasteiger partial charge is 0.508 e. The van der Waals surface area contributed by atoms with Crippen LogP contribution >= 0.6 is 0 Å². The van der Waals surface area contributed by atoms with E-state index >= 15 is 0 Å². The average molecular weight is 538 g/mol. The Morgan fingerprint density at radius 1 is 0.974 bits per heavy atom. The van der Waals surface area contributed by atoms with Crippen LogP contribution in [0.3, 0.4) is 0 Å². The Bertz CT molecular complexity index is 967. The van der Waals surface area contributed by atoms with Gasteiger partial charge in [-0.1, -0.05) is 32.4 Å². The molecule has 12 N–H and O–H groups in total. The number of carboxylic acid groups (broad SMARTS) is 1. The van der Waals surface area contributed by atoms with Gasteiger partial charge in [0, 0.05) is 13.0 Å². The molecular formula is C24H39N7O7. The van der Waals surface area contributed by atoms with Crippen molar-refractivity contribution in [2.45, 2.75) is 63.7 Å². The van der Waals surface area contributed by atoms with Gasteiger partial charge in [0.1, 0.15) is 23.9 Å². The SMILES string of the molecule is CCC(C)C(NC(=O)C(Cc1ccc(O)cc1)NC(=O)C(N)CCCN=C(N)N)C(=O)NC(CO)C(=O)O. The topological polar surface area (TPSA) is 255 Å². The number of aromatic hydroxyl groups is 1. The highest BCUT2D eigenvalue weighted by atomic mass is 16.4. The molecule has 1 rings (SSSR count). The van der Waals surface area contributed by atoms with Crippen LogP contribution in [0.5, 0.6) is 5.75 Å². The van der Waals surface area contributed by atoms with Crippen LogP contribution in [0, 0.1) is 5.92 Å². The summed E-state index contributed by atoms with van der Waals surface area (Å²) in [5, 5.41) is 35.4. The van der Waals surface area contributed by atoms with E-state index in [9.17, 15) is 29.4 Å². The van der Waals surface area contributed by atoms with Crippen LogP contribution in [-0.2, 0) is 25.6 Å². The molecule has 0 saturated carbocycles. The highest BCUT2D eigenvalue weighted by molar-refractivity contribution is 5.94. The minimum atomic E-state index is -1.55. The molecular weight excluding hydrogens is 498 g/mol. The highest BCUT2D eigenvalue weighted by Gasteiger charge is 2.32. The number of aliphatic imine (C=N–C) groups is 1. The number of aliphatic hydroxyl groups is 1. The maximum absolute atomic E-state index is 13.3. The fraction of sp³-hybridized carbons (Fsp3) is 0.542. The number of phenols is 1. The van der Waals surface area contributed by atoms with Crippen molar-refractivity contribution < 1.29 is 34.5 Å².